The highest BCUT2D eigenvalue weighted by Gasteiger charge is 2.72. The molecular formula is C48H48Cl2FN7O5. The number of rotatable bonds is 7. The number of imide groups is 1. The highest BCUT2D eigenvalue weighted by Crippen LogP contribution is 2.63. The summed E-state index contributed by atoms with van der Waals surface area (Å²) in [7, 11) is 1.74. The zero-order valence-corrected chi connectivity index (χ0v) is 36.3. The Morgan fingerprint density at radius 3 is 2.35 bits per heavy atom. The molecule has 4 aliphatic heterocycles. The van der Waals surface area contributed by atoms with Gasteiger partial charge in [0.1, 0.15) is 17.3 Å². The summed E-state index contributed by atoms with van der Waals surface area (Å²) >= 11 is 12.8. The van der Waals surface area contributed by atoms with Crippen molar-refractivity contribution >= 4 is 69.2 Å². The Labute approximate surface area is 373 Å². The number of nitrogens with zero attached hydrogens (tertiary/aromatic N) is 3. The van der Waals surface area contributed by atoms with E-state index in [4.69, 9.17) is 23.2 Å². The number of fused-ring (bicyclic) bond motifs is 4. The van der Waals surface area contributed by atoms with E-state index in [2.05, 4.69) is 32.2 Å². The molecule has 5 aromatic rings. The van der Waals surface area contributed by atoms with Crippen LogP contribution < -0.4 is 27.0 Å². The molecule has 326 valence electrons. The molecule has 4 atom stereocenters. The van der Waals surface area contributed by atoms with Gasteiger partial charge in [-0.25, -0.2) is 9.18 Å². The van der Waals surface area contributed by atoms with E-state index >= 15 is 4.39 Å². The molecule has 1 unspecified atom stereocenters. The fraction of sp³-hybridized carbons (Fsp3) is 0.396. The van der Waals surface area contributed by atoms with Gasteiger partial charge in [-0.05, 0) is 110 Å². The molecule has 4 fully saturated rings. The van der Waals surface area contributed by atoms with Crippen LogP contribution in [0.15, 0.2) is 83.7 Å². The van der Waals surface area contributed by atoms with Crippen LogP contribution in [0, 0.1) is 5.82 Å². The number of carbonyl (C=O) groups is 4. The number of para-hydroxylation sites is 1. The predicted octanol–water partition coefficient (Wildman–Crippen LogP) is 7.43. The van der Waals surface area contributed by atoms with Crippen LogP contribution in [0.25, 0.3) is 11.0 Å². The third-order valence-electron chi connectivity index (χ3n) is 14.6. The summed E-state index contributed by atoms with van der Waals surface area (Å²) in [6.45, 7) is 2.38. The molecule has 1 aromatic heterocycles. The van der Waals surface area contributed by atoms with Crippen LogP contribution in [-0.4, -0.2) is 62.3 Å². The predicted molar refractivity (Wildman–Crippen MR) is 240 cm³/mol. The van der Waals surface area contributed by atoms with E-state index in [9.17, 15) is 24.0 Å². The van der Waals surface area contributed by atoms with E-state index in [0.717, 1.165) is 61.8 Å². The normalized spacial score (nSPS) is 24.8. The largest absolute Gasteiger partial charge is 0.329 e. The maximum absolute atomic E-state index is 16.3. The molecule has 2 spiro atoms. The number of piperidine rings is 2. The van der Waals surface area contributed by atoms with Crippen LogP contribution in [0.3, 0.4) is 0 Å². The fourth-order valence-electron chi connectivity index (χ4n) is 11.8. The number of likely N-dealkylation sites (tertiary alicyclic amines) is 1. The van der Waals surface area contributed by atoms with Gasteiger partial charge in [0, 0.05) is 47.9 Å². The first-order valence-electron chi connectivity index (χ1n) is 21.9. The van der Waals surface area contributed by atoms with E-state index in [1.807, 2.05) is 42.5 Å². The van der Waals surface area contributed by atoms with Gasteiger partial charge in [-0.3, -0.25) is 43.8 Å². The Kier molecular flexibility index (Phi) is 10.6. The molecule has 4 aromatic carbocycles. The van der Waals surface area contributed by atoms with Crippen molar-refractivity contribution in [2.75, 3.05) is 23.7 Å². The van der Waals surface area contributed by atoms with Gasteiger partial charge >= 0.3 is 5.69 Å². The molecule has 3 saturated heterocycles. The molecule has 1 aliphatic carbocycles. The number of amides is 4. The van der Waals surface area contributed by atoms with Crippen LogP contribution >= 0.6 is 23.2 Å². The van der Waals surface area contributed by atoms with Gasteiger partial charge in [0.05, 0.1) is 22.1 Å². The summed E-state index contributed by atoms with van der Waals surface area (Å²) in [6, 6.07) is 22.0. The number of carbonyl (C=O) groups excluding carboxylic acids is 4. The van der Waals surface area contributed by atoms with E-state index < -0.39 is 40.7 Å². The third-order valence-corrected chi connectivity index (χ3v) is 15.1. The van der Waals surface area contributed by atoms with Crippen molar-refractivity contribution in [1.82, 2.24) is 24.7 Å². The lowest BCUT2D eigenvalue weighted by molar-refractivity contribution is -0.135. The number of halogens is 3. The molecule has 63 heavy (non-hydrogen) atoms. The maximum atomic E-state index is 16.3. The Hall–Kier alpha value is -5.34. The Balaban J connectivity index is 0.864. The fourth-order valence-corrected chi connectivity index (χ4v) is 12.2. The maximum Gasteiger partial charge on any atom is 0.329 e. The van der Waals surface area contributed by atoms with E-state index in [1.165, 1.54) is 10.6 Å². The Morgan fingerprint density at radius 1 is 0.873 bits per heavy atom. The number of aromatic nitrogens is 2. The van der Waals surface area contributed by atoms with Crippen LogP contribution in [0.4, 0.5) is 15.8 Å². The second-order valence-corrected chi connectivity index (χ2v) is 18.8. The van der Waals surface area contributed by atoms with Crippen LogP contribution in [-0.2, 0) is 38.2 Å². The molecule has 5 heterocycles. The first-order valence-corrected chi connectivity index (χ1v) is 22.6. The number of anilines is 2. The summed E-state index contributed by atoms with van der Waals surface area (Å²) < 4.78 is 19.5. The molecule has 0 radical (unpaired) electrons. The van der Waals surface area contributed by atoms with Crippen molar-refractivity contribution in [3.63, 3.8) is 0 Å². The van der Waals surface area contributed by atoms with Crippen molar-refractivity contribution in [1.29, 1.82) is 0 Å². The molecule has 15 heteroatoms. The zero-order chi connectivity index (χ0) is 43.8. The van der Waals surface area contributed by atoms with E-state index in [0.29, 0.717) is 46.9 Å². The number of aryl methyl sites for hydroxylation is 1. The smallest absolute Gasteiger partial charge is 0.325 e. The minimum atomic E-state index is -1.32. The number of imidazole rings is 1. The van der Waals surface area contributed by atoms with Gasteiger partial charge in [-0.2, -0.15) is 0 Å². The molecule has 1 saturated carbocycles. The molecule has 10 rings (SSSR count). The van der Waals surface area contributed by atoms with Crippen LogP contribution in [0.2, 0.25) is 10.0 Å². The average molecular weight is 893 g/mol. The van der Waals surface area contributed by atoms with Gasteiger partial charge in [0.2, 0.25) is 23.6 Å². The highest BCUT2D eigenvalue weighted by atomic mass is 35.5. The standard InChI is InChI=1S/C48H48Cl2FN7O5/c1-56-42-31(7-6-10-36(42)58(46(56)63)37-17-18-38(59)54-43(37)60)28-19-23-57(24-20-28)26-27-11-14-30(15-12-27)52-44(61)41-39(32-8-5-9-34(50)40(32)51)48(47(55-41)21-3-2-4-22-47)33-16-13-29(49)25-35(33)53-45(48)62/h5-16,25,28,37,39,41,55H,2-4,17-24,26H2,1H3,(H,52,61)(H,53,62)(H,54,59,60)/t37?,39-,41+,48+/m0/s1. The summed E-state index contributed by atoms with van der Waals surface area (Å²) in [5.74, 6) is -2.78. The number of nitrogens with one attached hydrogen (secondary N) is 4. The van der Waals surface area contributed by atoms with E-state index in [1.54, 1.807) is 35.9 Å². The minimum Gasteiger partial charge on any atom is -0.325 e. The lowest BCUT2D eigenvalue weighted by Crippen LogP contribution is -2.60. The van der Waals surface area contributed by atoms with Crippen molar-refractivity contribution in [3.05, 3.63) is 127 Å². The quantitative estimate of drug-likeness (QED) is 0.124. The third kappa shape index (κ3) is 6.72. The minimum absolute atomic E-state index is 0.0769. The van der Waals surface area contributed by atoms with Crippen molar-refractivity contribution in [2.24, 2.45) is 7.05 Å². The number of hydrogen-bond donors (Lipinski definition) is 4. The average Bonchev–Trinajstić information content (AvgIpc) is 3.83. The molecule has 5 aliphatic rings. The Morgan fingerprint density at radius 2 is 1.60 bits per heavy atom. The van der Waals surface area contributed by atoms with Gasteiger partial charge < -0.3 is 10.6 Å². The van der Waals surface area contributed by atoms with Gasteiger partial charge in [-0.15, -0.1) is 0 Å². The Bertz CT molecular complexity index is 2760. The summed E-state index contributed by atoms with van der Waals surface area (Å²) in [4.78, 5) is 69.9. The molecular weight excluding hydrogens is 844 g/mol. The lowest BCUT2D eigenvalue weighted by atomic mass is 9.55. The van der Waals surface area contributed by atoms with Gasteiger partial charge in [0.15, 0.2) is 0 Å². The first kappa shape index (κ1) is 41.7. The second kappa shape index (κ2) is 16.0. The van der Waals surface area contributed by atoms with E-state index in [-0.39, 0.29) is 52.8 Å². The summed E-state index contributed by atoms with van der Waals surface area (Å²) in [5.41, 5.74) is 3.32. The topological polar surface area (TPSA) is 147 Å². The van der Waals surface area contributed by atoms with Crippen molar-refractivity contribution in [2.45, 2.75) is 99.2 Å². The number of hydrogen-bond acceptors (Lipinski definition) is 7. The molecule has 4 amide bonds. The summed E-state index contributed by atoms with van der Waals surface area (Å²) in [6.07, 6.45) is 6.19. The van der Waals surface area contributed by atoms with Gasteiger partial charge in [-0.1, -0.05) is 84.9 Å². The SMILES string of the molecule is Cn1c(=O)n(C2CCC(=O)NC2=O)c2cccc(C3CCN(Cc4ccc(NC(=O)[C@@H]5NC6(CCCCC6)[C@@]6(C(=O)Nc7cc(Cl)ccc76)[C@H]5c5cccc(Cl)c5F)cc4)CC3)c21. The monoisotopic (exact) mass is 891 g/mol. The molecule has 0 bridgehead atoms. The van der Waals surface area contributed by atoms with Crippen molar-refractivity contribution < 1.29 is 23.6 Å². The first-order chi connectivity index (χ1) is 30.4. The number of benzene rings is 4. The zero-order valence-electron chi connectivity index (χ0n) is 34.8. The summed E-state index contributed by atoms with van der Waals surface area (Å²) in [5, 5.41) is 12.6. The highest BCUT2D eigenvalue weighted by molar-refractivity contribution is 6.31. The second-order valence-electron chi connectivity index (χ2n) is 18.0. The lowest BCUT2D eigenvalue weighted by Gasteiger charge is -2.47. The van der Waals surface area contributed by atoms with Gasteiger partial charge in [0.25, 0.3) is 0 Å². The van der Waals surface area contributed by atoms with Crippen molar-refractivity contribution in [3.8, 4) is 0 Å². The molecule has 4 N–H and O–H groups in total. The van der Waals surface area contributed by atoms with Crippen LogP contribution in [0.1, 0.15) is 97.9 Å². The molecule has 12 nitrogen and oxygen atoms in total. The van der Waals surface area contributed by atoms with Crippen LogP contribution in [0.5, 0.6) is 0 Å².